The number of nitrogens with zero attached hydrogens (tertiary/aromatic N) is 1. The first kappa shape index (κ1) is 40.9. The molecular weight excluding hydrogens is 690 g/mol. The van der Waals surface area contributed by atoms with Gasteiger partial charge in [0, 0.05) is 0 Å². The smallest absolute Gasteiger partial charge is 0.261 e. The van der Waals surface area contributed by atoms with Crippen LogP contribution in [0.25, 0.3) is 0 Å². The fourth-order valence-corrected chi connectivity index (χ4v) is 6.04. The summed E-state index contributed by atoms with van der Waals surface area (Å²) in [7, 11) is 0. The lowest BCUT2D eigenvalue weighted by atomic mass is 9.80. The van der Waals surface area contributed by atoms with Gasteiger partial charge in [-0.3, -0.25) is 14.5 Å². The molecule has 0 N–H and O–H groups in total. The molecule has 2 amide bonds. The number of carbonyl (C=O) groups excluding carboxylic acids is 2. The highest BCUT2D eigenvalue weighted by Gasteiger charge is 2.37. The van der Waals surface area contributed by atoms with Gasteiger partial charge in [0.25, 0.3) is 11.8 Å². The van der Waals surface area contributed by atoms with E-state index in [0.717, 1.165) is 16.7 Å². The lowest BCUT2D eigenvalue weighted by molar-refractivity contribution is -0.0397. The van der Waals surface area contributed by atoms with Gasteiger partial charge < -0.3 is 37.9 Å². The third-order valence-electron chi connectivity index (χ3n) is 8.66. The highest BCUT2D eigenvalue weighted by atomic mass is 16.6. The largest absolute Gasteiger partial charge is 0.377 e. The summed E-state index contributed by atoms with van der Waals surface area (Å²) in [6.45, 7) is 6.67. The van der Waals surface area contributed by atoms with Crippen LogP contribution in [0.1, 0.15) is 37.4 Å². The van der Waals surface area contributed by atoms with E-state index in [4.69, 9.17) is 37.9 Å². The van der Waals surface area contributed by atoms with E-state index in [1.165, 1.54) is 4.90 Å². The minimum absolute atomic E-state index is 0.212. The number of hydrogen-bond acceptors (Lipinski definition) is 10. The third kappa shape index (κ3) is 12.1. The van der Waals surface area contributed by atoms with Gasteiger partial charge in [0.05, 0.1) is 117 Å². The van der Waals surface area contributed by atoms with Crippen LogP contribution < -0.4 is 0 Å². The lowest BCUT2D eigenvalue weighted by Crippen LogP contribution is -2.34. The van der Waals surface area contributed by atoms with Gasteiger partial charge in [-0.1, -0.05) is 103 Å². The number of hydrogen-bond donors (Lipinski definition) is 0. The molecule has 1 aliphatic rings. The maximum absolute atomic E-state index is 12.3. The van der Waals surface area contributed by atoms with E-state index < -0.39 is 5.60 Å². The second kappa shape index (κ2) is 23.5. The molecule has 1 aliphatic heterocycles. The molecule has 0 fully saturated rings. The zero-order valence-corrected chi connectivity index (χ0v) is 30.8. The van der Waals surface area contributed by atoms with Crippen LogP contribution in [-0.2, 0) is 43.5 Å². The number of fused-ring (bicyclic) bond motifs is 1. The number of amides is 2. The monoisotopic (exact) mass is 741 g/mol. The highest BCUT2D eigenvalue weighted by molar-refractivity contribution is 6.21. The number of carbonyl (C=O) groups is 2. The summed E-state index contributed by atoms with van der Waals surface area (Å²) in [5.41, 5.74) is 3.30. The zero-order valence-electron chi connectivity index (χ0n) is 30.8. The predicted molar refractivity (Wildman–Crippen MR) is 203 cm³/mol. The van der Waals surface area contributed by atoms with Crippen LogP contribution in [0.3, 0.4) is 0 Å². The van der Waals surface area contributed by atoms with E-state index in [-0.39, 0.29) is 25.0 Å². The van der Waals surface area contributed by atoms with Crippen molar-refractivity contribution in [2.24, 2.45) is 0 Å². The molecular formula is C43H51NO10. The SMILES string of the molecule is O=C1c2ccccc2C(=O)N1CCOCCOCCOCCOCCOCCOCCOCCOC(c1ccccc1)(c1ccccc1)c1ccccc1. The van der Waals surface area contributed by atoms with Gasteiger partial charge in [-0.15, -0.1) is 0 Å². The number of benzene rings is 4. The van der Waals surface area contributed by atoms with Crippen molar-refractivity contribution in [2.45, 2.75) is 5.60 Å². The van der Waals surface area contributed by atoms with Crippen molar-refractivity contribution in [3.63, 3.8) is 0 Å². The molecule has 54 heavy (non-hydrogen) atoms. The summed E-state index contributed by atoms with van der Waals surface area (Å²) < 4.78 is 45.9. The van der Waals surface area contributed by atoms with Gasteiger partial charge in [-0.2, -0.15) is 0 Å². The molecule has 5 rings (SSSR count). The van der Waals surface area contributed by atoms with Crippen molar-refractivity contribution in [1.82, 2.24) is 4.90 Å². The fourth-order valence-electron chi connectivity index (χ4n) is 6.04. The maximum Gasteiger partial charge on any atom is 0.261 e. The molecule has 0 aliphatic carbocycles. The Balaban J connectivity index is 0.803. The van der Waals surface area contributed by atoms with Crippen LogP contribution >= 0.6 is 0 Å². The molecule has 0 spiro atoms. The molecule has 0 unspecified atom stereocenters. The van der Waals surface area contributed by atoms with Gasteiger partial charge in [0.2, 0.25) is 0 Å². The fraction of sp³-hybridized carbons (Fsp3) is 0.395. The second-order valence-corrected chi connectivity index (χ2v) is 12.2. The van der Waals surface area contributed by atoms with E-state index in [0.29, 0.717) is 104 Å². The molecule has 0 saturated heterocycles. The van der Waals surface area contributed by atoms with E-state index in [1.54, 1.807) is 24.3 Å². The lowest BCUT2D eigenvalue weighted by Gasteiger charge is -2.36. The van der Waals surface area contributed by atoms with Gasteiger partial charge in [-0.05, 0) is 28.8 Å². The maximum atomic E-state index is 12.3. The molecule has 11 nitrogen and oxygen atoms in total. The van der Waals surface area contributed by atoms with Crippen LogP contribution in [0.2, 0.25) is 0 Å². The average Bonchev–Trinajstić information content (AvgIpc) is 3.46. The van der Waals surface area contributed by atoms with Crippen LogP contribution in [0, 0.1) is 0 Å². The first-order chi connectivity index (χ1) is 26.7. The van der Waals surface area contributed by atoms with Crippen molar-refractivity contribution in [3.8, 4) is 0 Å². The van der Waals surface area contributed by atoms with Crippen LogP contribution in [0.4, 0.5) is 0 Å². The van der Waals surface area contributed by atoms with E-state index in [9.17, 15) is 9.59 Å². The van der Waals surface area contributed by atoms with Crippen molar-refractivity contribution in [3.05, 3.63) is 143 Å². The molecule has 0 aromatic heterocycles. The third-order valence-corrected chi connectivity index (χ3v) is 8.66. The average molecular weight is 742 g/mol. The Morgan fingerprint density at radius 3 is 0.963 bits per heavy atom. The van der Waals surface area contributed by atoms with Crippen molar-refractivity contribution in [2.75, 3.05) is 106 Å². The van der Waals surface area contributed by atoms with E-state index >= 15 is 0 Å². The molecule has 0 atom stereocenters. The standard InChI is InChI=1S/C43H51NO10/c45-41-39-18-10-11-19-40(39)42(46)44(41)20-21-47-22-23-48-24-25-49-26-27-50-28-29-51-30-31-52-32-33-53-34-35-54-43(36-12-4-1-5-13-36,37-14-6-2-7-15-37)38-16-8-3-9-17-38/h1-19H,20-35H2. The summed E-state index contributed by atoms with van der Waals surface area (Å²) in [4.78, 5) is 25.9. The van der Waals surface area contributed by atoms with Gasteiger partial charge in [-0.25, -0.2) is 0 Å². The number of imide groups is 1. The van der Waals surface area contributed by atoms with Crippen molar-refractivity contribution >= 4 is 11.8 Å². The predicted octanol–water partition coefficient (Wildman–Crippen LogP) is 5.41. The van der Waals surface area contributed by atoms with Gasteiger partial charge in [0.1, 0.15) is 5.60 Å². The molecule has 11 heteroatoms. The summed E-state index contributed by atoms with van der Waals surface area (Å²) in [6.07, 6.45) is 0. The molecule has 1 heterocycles. The summed E-state index contributed by atoms with van der Waals surface area (Å²) in [6, 6.07) is 37.7. The Morgan fingerprint density at radius 2 is 0.630 bits per heavy atom. The molecule has 0 radical (unpaired) electrons. The number of ether oxygens (including phenoxy) is 8. The van der Waals surface area contributed by atoms with Crippen molar-refractivity contribution in [1.29, 1.82) is 0 Å². The Hall–Kier alpha value is -4.30. The Kier molecular flexibility index (Phi) is 17.8. The quantitative estimate of drug-likeness (QED) is 0.0426. The Morgan fingerprint density at radius 1 is 0.352 bits per heavy atom. The second-order valence-electron chi connectivity index (χ2n) is 12.2. The molecule has 288 valence electrons. The van der Waals surface area contributed by atoms with Crippen LogP contribution in [0.15, 0.2) is 115 Å². The normalized spacial score (nSPS) is 12.8. The Bertz CT molecular complexity index is 1510. The zero-order chi connectivity index (χ0) is 37.5. The first-order valence-electron chi connectivity index (χ1n) is 18.5. The molecule has 0 bridgehead atoms. The highest BCUT2D eigenvalue weighted by Crippen LogP contribution is 2.40. The Labute approximate surface area is 318 Å². The first-order valence-corrected chi connectivity index (χ1v) is 18.5. The van der Waals surface area contributed by atoms with Gasteiger partial charge >= 0.3 is 0 Å². The van der Waals surface area contributed by atoms with E-state index in [2.05, 4.69) is 36.4 Å². The van der Waals surface area contributed by atoms with Crippen molar-refractivity contribution < 1.29 is 47.5 Å². The van der Waals surface area contributed by atoms with Gasteiger partial charge in [0.15, 0.2) is 0 Å². The topological polar surface area (TPSA) is 111 Å². The van der Waals surface area contributed by atoms with E-state index in [1.807, 2.05) is 54.6 Å². The number of rotatable bonds is 28. The summed E-state index contributed by atoms with van der Waals surface area (Å²) >= 11 is 0. The molecule has 4 aromatic rings. The van der Waals surface area contributed by atoms with Crippen LogP contribution in [0.5, 0.6) is 0 Å². The molecule has 0 saturated carbocycles. The summed E-state index contributed by atoms with van der Waals surface area (Å²) in [5.74, 6) is -0.555. The minimum Gasteiger partial charge on any atom is -0.377 e. The minimum atomic E-state index is -0.760. The summed E-state index contributed by atoms with van der Waals surface area (Å²) in [5, 5.41) is 0. The van der Waals surface area contributed by atoms with Crippen LogP contribution in [-0.4, -0.2) is 122 Å². The molecule has 4 aromatic carbocycles.